The summed E-state index contributed by atoms with van der Waals surface area (Å²) in [6.07, 6.45) is 3.17. The average Bonchev–Trinajstić information content (AvgIpc) is 2.81. The Bertz CT molecular complexity index is 1170. The van der Waals surface area contributed by atoms with Gasteiger partial charge in [0.25, 0.3) is 0 Å². The Morgan fingerprint density at radius 1 is 1.03 bits per heavy atom. The van der Waals surface area contributed by atoms with Crippen LogP contribution in [0.1, 0.15) is 24.5 Å². The molecule has 0 saturated carbocycles. The molecule has 2 aromatic carbocycles. The molecule has 0 bridgehead atoms. The van der Waals surface area contributed by atoms with E-state index in [0.717, 1.165) is 0 Å². The zero-order chi connectivity index (χ0) is 23.1. The van der Waals surface area contributed by atoms with E-state index < -0.39 is 0 Å². The highest BCUT2D eigenvalue weighted by Gasteiger charge is 2.22. The molecule has 1 aromatic heterocycles. The summed E-state index contributed by atoms with van der Waals surface area (Å²) in [5.41, 5.74) is 1.25. The molecule has 0 aliphatic heterocycles. The minimum atomic E-state index is -0.382. The third kappa shape index (κ3) is 5.49. The quantitative estimate of drug-likeness (QED) is 0.477. The van der Waals surface area contributed by atoms with E-state index in [-0.39, 0.29) is 55.7 Å². The van der Waals surface area contributed by atoms with Gasteiger partial charge in [-0.2, -0.15) is 0 Å². The van der Waals surface area contributed by atoms with Gasteiger partial charge in [-0.1, -0.05) is 37.3 Å². The van der Waals surface area contributed by atoms with Gasteiger partial charge in [-0.15, -0.1) is 6.58 Å². The van der Waals surface area contributed by atoms with Crippen molar-refractivity contribution in [2.45, 2.75) is 26.4 Å². The summed E-state index contributed by atoms with van der Waals surface area (Å²) >= 11 is 0. The largest absolute Gasteiger partial charge is 0.464 e. The van der Waals surface area contributed by atoms with Gasteiger partial charge in [0.2, 0.25) is 11.8 Å². The Morgan fingerprint density at radius 3 is 2.44 bits per heavy atom. The molecule has 166 valence electrons. The van der Waals surface area contributed by atoms with Crippen LogP contribution < -0.4 is 5.43 Å². The van der Waals surface area contributed by atoms with Crippen LogP contribution >= 0.6 is 0 Å². The van der Waals surface area contributed by atoms with Gasteiger partial charge in [0, 0.05) is 19.5 Å². The monoisotopic (exact) mass is 436 g/mol. The van der Waals surface area contributed by atoms with Gasteiger partial charge < -0.3 is 14.2 Å². The Balaban J connectivity index is 1.91. The third-order valence-electron chi connectivity index (χ3n) is 5.08. The molecule has 7 heteroatoms. The number of carbonyl (C=O) groups is 2. The fourth-order valence-corrected chi connectivity index (χ4v) is 3.37. The summed E-state index contributed by atoms with van der Waals surface area (Å²) in [6, 6.07) is 12.7. The van der Waals surface area contributed by atoms with Crippen LogP contribution in [0.4, 0.5) is 4.39 Å². The van der Waals surface area contributed by atoms with E-state index in [4.69, 9.17) is 4.42 Å². The molecule has 3 rings (SSSR count). The van der Waals surface area contributed by atoms with Crippen LogP contribution in [0.25, 0.3) is 11.0 Å². The van der Waals surface area contributed by atoms with Crippen molar-refractivity contribution in [3.05, 3.63) is 94.6 Å². The van der Waals surface area contributed by atoms with E-state index in [1.807, 2.05) is 0 Å². The Morgan fingerprint density at radius 2 is 1.75 bits per heavy atom. The minimum absolute atomic E-state index is 0.00831. The smallest absolute Gasteiger partial charge is 0.242 e. The predicted molar refractivity (Wildman–Crippen MR) is 120 cm³/mol. The molecule has 3 aromatic rings. The number of fused-ring (bicyclic) bond motifs is 1. The van der Waals surface area contributed by atoms with Crippen molar-refractivity contribution in [1.82, 2.24) is 9.80 Å². The zero-order valence-corrected chi connectivity index (χ0v) is 17.9. The Kier molecular flexibility index (Phi) is 7.54. The SMILES string of the molecule is C=CCN(CC(=O)N(Cc1ccc(F)cc1)Cc1coc2ccccc2c1=O)C(=O)CC. The highest BCUT2D eigenvalue weighted by molar-refractivity contribution is 5.85. The maximum atomic E-state index is 13.3. The summed E-state index contributed by atoms with van der Waals surface area (Å²) in [7, 11) is 0. The Labute approximate surface area is 185 Å². The molecular formula is C25H25FN2O4. The Hall–Kier alpha value is -3.74. The lowest BCUT2D eigenvalue weighted by Crippen LogP contribution is -2.42. The number of halogens is 1. The molecule has 0 unspecified atom stereocenters. The van der Waals surface area contributed by atoms with Crippen LogP contribution in [0.3, 0.4) is 0 Å². The van der Waals surface area contributed by atoms with Gasteiger partial charge in [0.05, 0.1) is 23.8 Å². The number of carbonyl (C=O) groups excluding carboxylic acids is 2. The predicted octanol–water partition coefficient (Wildman–Crippen LogP) is 3.89. The van der Waals surface area contributed by atoms with Crippen molar-refractivity contribution in [2.24, 2.45) is 0 Å². The molecule has 2 amide bonds. The van der Waals surface area contributed by atoms with Crippen LogP contribution in [-0.4, -0.2) is 34.7 Å². The van der Waals surface area contributed by atoms with Crippen molar-refractivity contribution in [3.8, 4) is 0 Å². The molecule has 0 radical (unpaired) electrons. The number of rotatable bonds is 9. The molecule has 0 atom stereocenters. The number of benzene rings is 2. The summed E-state index contributed by atoms with van der Waals surface area (Å²) < 4.78 is 18.9. The summed E-state index contributed by atoms with van der Waals surface area (Å²) in [5.74, 6) is -0.900. The summed E-state index contributed by atoms with van der Waals surface area (Å²) in [6.45, 7) is 5.59. The fourth-order valence-electron chi connectivity index (χ4n) is 3.37. The van der Waals surface area contributed by atoms with E-state index in [9.17, 15) is 18.8 Å². The zero-order valence-electron chi connectivity index (χ0n) is 17.9. The standard InChI is InChI=1S/C25H25FN2O4/c1-3-13-27(23(29)4-2)16-24(30)28(14-18-9-11-20(26)12-10-18)15-19-17-32-22-8-6-5-7-21(22)25(19)31/h3,5-12,17H,1,4,13-16H2,2H3. The van der Waals surface area contributed by atoms with Crippen molar-refractivity contribution < 1.29 is 18.4 Å². The first kappa shape index (κ1) is 22.9. The third-order valence-corrected chi connectivity index (χ3v) is 5.08. The van der Waals surface area contributed by atoms with Gasteiger partial charge in [-0.3, -0.25) is 14.4 Å². The first-order valence-electron chi connectivity index (χ1n) is 10.3. The minimum Gasteiger partial charge on any atom is -0.464 e. The second-order valence-electron chi connectivity index (χ2n) is 7.38. The molecule has 0 aliphatic rings. The molecule has 1 heterocycles. The second kappa shape index (κ2) is 10.5. The number of amides is 2. The maximum Gasteiger partial charge on any atom is 0.242 e. The van der Waals surface area contributed by atoms with Gasteiger partial charge >= 0.3 is 0 Å². The summed E-state index contributed by atoms with van der Waals surface area (Å²) in [5, 5.41) is 0.425. The molecule has 0 saturated heterocycles. The van der Waals surface area contributed by atoms with Crippen molar-refractivity contribution >= 4 is 22.8 Å². The van der Waals surface area contributed by atoms with Crippen LogP contribution in [0.15, 0.2) is 76.7 Å². The topological polar surface area (TPSA) is 70.8 Å². The highest BCUT2D eigenvalue weighted by atomic mass is 19.1. The second-order valence-corrected chi connectivity index (χ2v) is 7.38. The van der Waals surface area contributed by atoms with E-state index in [0.29, 0.717) is 22.1 Å². The number of hydrogen-bond donors (Lipinski definition) is 0. The molecule has 0 N–H and O–H groups in total. The molecule has 6 nitrogen and oxygen atoms in total. The van der Waals surface area contributed by atoms with Crippen LogP contribution in [-0.2, 0) is 22.7 Å². The maximum absolute atomic E-state index is 13.3. The van der Waals surface area contributed by atoms with E-state index in [1.54, 1.807) is 49.4 Å². The van der Waals surface area contributed by atoms with Gasteiger partial charge in [0.1, 0.15) is 17.9 Å². The number of nitrogens with zero attached hydrogens (tertiary/aromatic N) is 2. The summed E-state index contributed by atoms with van der Waals surface area (Å²) in [4.78, 5) is 41.2. The number of para-hydroxylation sites is 1. The van der Waals surface area contributed by atoms with E-state index in [2.05, 4.69) is 6.58 Å². The van der Waals surface area contributed by atoms with Crippen LogP contribution in [0.2, 0.25) is 0 Å². The molecule has 0 spiro atoms. The number of hydrogen-bond acceptors (Lipinski definition) is 4. The van der Waals surface area contributed by atoms with E-state index in [1.165, 1.54) is 28.2 Å². The highest BCUT2D eigenvalue weighted by Crippen LogP contribution is 2.15. The van der Waals surface area contributed by atoms with Crippen LogP contribution in [0.5, 0.6) is 0 Å². The fraction of sp³-hybridized carbons (Fsp3) is 0.240. The molecule has 0 fully saturated rings. The van der Waals surface area contributed by atoms with E-state index >= 15 is 0 Å². The van der Waals surface area contributed by atoms with Gasteiger partial charge in [-0.25, -0.2) is 4.39 Å². The first-order valence-corrected chi connectivity index (χ1v) is 10.3. The van der Waals surface area contributed by atoms with Crippen molar-refractivity contribution in [2.75, 3.05) is 13.1 Å². The molecule has 0 aliphatic carbocycles. The molecular weight excluding hydrogens is 411 g/mol. The lowest BCUT2D eigenvalue weighted by molar-refractivity contribution is -0.140. The lowest BCUT2D eigenvalue weighted by Gasteiger charge is -2.27. The van der Waals surface area contributed by atoms with Gasteiger partial charge in [-0.05, 0) is 29.8 Å². The normalized spacial score (nSPS) is 10.7. The van der Waals surface area contributed by atoms with Crippen molar-refractivity contribution in [1.29, 1.82) is 0 Å². The molecule has 32 heavy (non-hydrogen) atoms. The van der Waals surface area contributed by atoms with Crippen LogP contribution in [0, 0.1) is 5.82 Å². The first-order chi connectivity index (χ1) is 15.4. The average molecular weight is 436 g/mol. The van der Waals surface area contributed by atoms with Gasteiger partial charge in [0.15, 0.2) is 5.43 Å². The lowest BCUT2D eigenvalue weighted by atomic mass is 10.1. The van der Waals surface area contributed by atoms with Crippen molar-refractivity contribution in [3.63, 3.8) is 0 Å².